The fourth-order valence-corrected chi connectivity index (χ4v) is 5.88. The number of fused-ring (bicyclic) bond motifs is 3. The van der Waals surface area contributed by atoms with Crippen LogP contribution in [0.1, 0.15) is 56.1 Å². The summed E-state index contributed by atoms with van der Waals surface area (Å²) in [6, 6.07) is 9.30. The van der Waals surface area contributed by atoms with Crippen molar-refractivity contribution in [3.8, 4) is 0 Å². The molecule has 3 aliphatic heterocycles. The number of rotatable bonds is 1. The van der Waals surface area contributed by atoms with Gasteiger partial charge in [0.15, 0.2) is 0 Å². The third-order valence-electron chi connectivity index (χ3n) is 6.81. The van der Waals surface area contributed by atoms with Crippen LogP contribution < -0.4 is 4.90 Å². The Morgan fingerprint density at radius 1 is 1.32 bits per heavy atom. The molecule has 0 amide bonds. The second kappa shape index (κ2) is 4.36. The zero-order chi connectivity index (χ0) is 14.9. The number of aromatic nitrogens is 1. The average molecular weight is 297 g/mol. The van der Waals surface area contributed by atoms with E-state index in [0.717, 1.165) is 6.42 Å². The smallest absolute Gasteiger partial charge is 0.134 e. The molecule has 3 nitrogen and oxygen atoms in total. The largest absolute Gasteiger partial charge is 0.373 e. The van der Waals surface area contributed by atoms with Crippen molar-refractivity contribution in [2.24, 2.45) is 5.41 Å². The van der Waals surface area contributed by atoms with Crippen molar-refractivity contribution in [2.45, 2.75) is 51.3 Å². The Labute approximate surface area is 131 Å². The SMILES string of the molecule is CC[C@@]12CCC[NH+]3CCc4c(n(c5ccccc45)[C@@H](O)C1)[C@H]32. The van der Waals surface area contributed by atoms with E-state index in [-0.39, 0.29) is 6.23 Å². The predicted molar refractivity (Wildman–Crippen MR) is 86.9 cm³/mol. The van der Waals surface area contributed by atoms with Crippen molar-refractivity contribution in [3.05, 3.63) is 35.5 Å². The van der Waals surface area contributed by atoms with Crippen LogP contribution in [0.3, 0.4) is 0 Å². The van der Waals surface area contributed by atoms with E-state index < -0.39 is 0 Å². The van der Waals surface area contributed by atoms with E-state index in [1.54, 1.807) is 4.90 Å². The summed E-state index contributed by atoms with van der Waals surface area (Å²) >= 11 is 0. The van der Waals surface area contributed by atoms with Crippen LogP contribution in [0.5, 0.6) is 0 Å². The lowest BCUT2D eigenvalue weighted by atomic mass is 9.64. The molecule has 22 heavy (non-hydrogen) atoms. The first-order valence-electron chi connectivity index (χ1n) is 8.89. The maximum absolute atomic E-state index is 11.0. The highest BCUT2D eigenvalue weighted by molar-refractivity contribution is 5.86. The van der Waals surface area contributed by atoms with Crippen molar-refractivity contribution in [1.29, 1.82) is 0 Å². The molecule has 5 rings (SSSR count). The van der Waals surface area contributed by atoms with Gasteiger partial charge in [0.25, 0.3) is 0 Å². The molecule has 4 heterocycles. The molecule has 0 spiro atoms. The number of aliphatic hydroxyl groups is 1. The molecule has 0 radical (unpaired) electrons. The minimum absolute atomic E-state index is 0.312. The topological polar surface area (TPSA) is 29.6 Å². The van der Waals surface area contributed by atoms with E-state index in [9.17, 15) is 5.11 Å². The summed E-state index contributed by atoms with van der Waals surface area (Å²) in [5, 5.41) is 12.4. The summed E-state index contributed by atoms with van der Waals surface area (Å²) in [6.45, 7) is 4.91. The molecule has 0 saturated carbocycles. The lowest BCUT2D eigenvalue weighted by Crippen LogP contribution is -3.16. The summed E-state index contributed by atoms with van der Waals surface area (Å²) < 4.78 is 2.29. The Morgan fingerprint density at radius 3 is 3.05 bits per heavy atom. The van der Waals surface area contributed by atoms with Crippen LogP contribution in [0.2, 0.25) is 0 Å². The highest BCUT2D eigenvalue weighted by atomic mass is 16.3. The highest BCUT2D eigenvalue weighted by Crippen LogP contribution is 2.54. The quantitative estimate of drug-likeness (QED) is 0.830. The van der Waals surface area contributed by atoms with Gasteiger partial charge in [-0.05, 0) is 30.9 Å². The molecule has 4 atom stereocenters. The normalized spacial score (nSPS) is 36.4. The second-order valence-corrected chi connectivity index (χ2v) is 7.60. The number of hydrogen-bond donors (Lipinski definition) is 2. The van der Waals surface area contributed by atoms with Crippen LogP contribution in [0, 0.1) is 5.41 Å². The molecule has 1 unspecified atom stereocenters. The van der Waals surface area contributed by atoms with E-state index in [1.165, 1.54) is 60.9 Å². The number of nitrogens with zero attached hydrogens (tertiary/aromatic N) is 1. The van der Waals surface area contributed by atoms with E-state index >= 15 is 0 Å². The molecule has 1 aromatic carbocycles. The first-order chi connectivity index (χ1) is 10.7. The molecule has 3 aliphatic rings. The second-order valence-electron chi connectivity index (χ2n) is 7.60. The summed E-state index contributed by atoms with van der Waals surface area (Å²) in [5.74, 6) is 0. The number of hydrogen-bond acceptors (Lipinski definition) is 1. The van der Waals surface area contributed by atoms with E-state index in [4.69, 9.17) is 0 Å². The summed E-state index contributed by atoms with van der Waals surface area (Å²) in [6.07, 6.45) is 5.56. The van der Waals surface area contributed by atoms with Crippen molar-refractivity contribution in [3.63, 3.8) is 0 Å². The minimum atomic E-state index is -0.345. The molecule has 0 bridgehead atoms. The van der Waals surface area contributed by atoms with Crippen molar-refractivity contribution >= 4 is 10.9 Å². The van der Waals surface area contributed by atoms with Crippen molar-refractivity contribution in [2.75, 3.05) is 13.1 Å². The fourth-order valence-electron chi connectivity index (χ4n) is 5.88. The first-order valence-corrected chi connectivity index (χ1v) is 8.89. The van der Waals surface area contributed by atoms with Gasteiger partial charge in [-0.15, -0.1) is 0 Å². The van der Waals surface area contributed by atoms with Crippen LogP contribution in [-0.4, -0.2) is 22.8 Å². The van der Waals surface area contributed by atoms with Gasteiger partial charge in [-0.2, -0.15) is 0 Å². The Morgan fingerprint density at radius 2 is 2.18 bits per heavy atom. The number of nitrogens with one attached hydrogen (secondary N) is 1. The van der Waals surface area contributed by atoms with Crippen molar-refractivity contribution < 1.29 is 10.0 Å². The van der Waals surface area contributed by atoms with Crippen LogP contribution >= 0.6 is 0 Å². The number of aliphatic hydroxyl groups excluding tert-OH is 1. The third-order valence-corrected chi connectivity index (χ3v) is 6.81. The number of para-hydroxylation sites is 1. The lowest BCUT2D eigenvalue weighted by molar-refractivity contribution is -0.950. The van der Waals surface area contributed by atoms with Gasteiger partial charge in [0.05, 0.1) is 24.3 Å². The van der Waals surface area contributed by atoms with Gasteiger partial charge in [-0.25, -0.2) is 0 Å². The number of quaternary nitrogens is 1. The first kappa shape index (κ1) is 13.1. The Balaban J connectivity index is 1.85. The van der Waals surface area contributed by atoms with Crippen LogP contribution in [0.15, 0.2) is 24.3 Å². The van der Waals surface area contributed by atoms with E-state index in [1.807, 2.05) is 0 Å². The van der Waals surface area contributed by atoms with Crippen LogP contribution in [0.25, 0.3) is 10.9 Å². The molecule has 116 valence electrons. The van der Waals surface area contributed by atoms with Crippen molar-refractivity contribution in [1.82, 2.24) is 4.57 Å². The van der Waals surface area contributed by atoms with E-state index in [2.05, 4.69) is 35.8 Å². The average Bonchev–Trinajstić information content (AvgIpc) is 2.89. The Bertz CT molecular complexity index is 749. The van der Waals surface area contributed by atoms with Gasteiger partial charge in [0.2, 0.25) is 0 Å². The van der Waals surface area contributed by atoms with Crippen LogP contribution in [0.4, 0.5) is 0 Å². The van der Waals surface area contributed by atoms with Gasteiger partial charge < -0.3 is 14.6 Å². The van der Waals surface area contributed by atoms with Gasteiger partial charge in [0.1, 0.15) is 12.3 Å². The number of piperidine rings is 1. The molecule has 2 N–H and O–H groups in total. The molecule has 0 aliphatic carbocycles. The molecular weight excluding hydrogens is 272 g/mol. The van der Waals surface area contributed by atoms with Gasteiger partial charge in [-0.3, -0.25) is 0 Å². The fraction of sp³-hybridized carbons (Fsp3) is 0.579. The molecule has 1 saturated heterocycles. The molecule has 3 heteroatoms. The molecular formula is C19H25N2O+. The monoisotopic (exact) mass is 297 g/mol. The molecule has 1 aromatic heterocycles. The zero-order valence-electron chi connectivity index (χ0n) is 13.3. The zero-order valence-corrected chi connectivity index (χ0v) is 13.3. The lowest BCUT2D eigenvalue weighted by Gasteiger charge is -2.53. The van der Waals surface area contributed by atoms with Gasteiger partial charge in [-0.1, -0.05) is 25.1 Å². The van der Waals surface area contributed by atoms with Crippen LogP contribution in [-0.2, 0) is 6.42 Å². The molecule has 2 aromatic rings. The summed E-state index contributed by atoms with van der Waals surface area (Å²) in [7, 11) is 0. The minimum Gasteiger partial charge on any atom is -0.373 e. The maximum Gasteiger partial charge on any atom is 0.134 e. The maximum atomic E-state index is 11.0. The summed E-state index contributed by atoms with van der Waals surface area (Å²) in [5.41, 5.74) is 4.56. The number of benzene rings is 1. The molecule has 1 fully saturated rings. The third kappa shape index (κ3) is 1.44. The van der Waals surface area contributed by atoms with E-state index in [0.29, 0.717) is 11.5 Å². The standard InChI is InChI=1S/C19H24N2O/c1-2-19-9-5-10-20-11-8-14-13-6-3-4-7-15(13)21(16(22)12-19)17(14)18(19)20/h3-4,6-7,16,18,22H,2,5,8-12H2,1H3/p+1/t16-,18-,19+/m0/s1. The predicted octanol–water partition coefficient (Wildman–Crippen LogP) is 2.21. The summed E-state index contributed by atoms with van der Waals surface area (Å²) in [4.78, 5) is 1.77. The Hall–Kier alpha value is -1.32. The Kier molecular flexibility index (Phi) is 2.61. The van der Waals surface area contributed by atoms with Gasteiger partial charge in [0, 0.05) is 23.6 Å². The van der Waals surface area contributed by atoms with Gasteiger partial charge >= 0.3 is 0 Å². The highest BCUT2D eigenvalue weighted by Gasteiger charge is 2.55.